The average molecular weight is 264 g/mol. The Balaban J connectivity index is 2.19. The van der Waals surface area contributed by atoms with Gasteiger partial charge in [-0.25, -0.2) is 0 Å². The van der Waals surface area contributed by atoms with Crippen LogP contribution in [0.1, 0.15) is 18.1 Å². The first-order valence-electron chi connectivity index (χ1n) is 6.81. The number of rotatable bonds is 2. The van der Waals surface area contributed by atoms with Gasteiger partial charge in [-0.15, -0.1) is 0 Å². The summed E-state index contributed by atoms with van der Waals surface area (Å²) in [5.74, 6) is 0.0471. The highest BCUT2D eigenvalue weighted by molar-refractivity contribution is 6.19. The van der Waals surface area contributed by atoms with Gasteiger partial charge in [0.25, 0.3) is 0 Å². The van der Waals surface area contributed by atoms with Gasteiger partial charge in [-0.05, 0) is 13.0 Å². The zero-order chi connectivity index (χ0) is 13.9. The van der Waals surface area contributed by atoms with Crippen molar-refractivity contribution in [2.75, 3.05) is 18.0 Å². The Morgan fingerprint density at radius 2 is 1.75 bits per heavy atom. The number of carbonyl (C=O) groups is 1. The van der Waals surface area contributed by atoms with E-state index in [1.54, 1.807) is 4.90 Å². The summed E-state index contributed by atoms with van der Waals surface area (Å²) in [7, 11) is 0. The quantitative estimate of drug-likeness (QED) is 0.821. The van der Waals surface area contributed by atoms with Crippen LogP contribution < -0.4 is 4.90 Å². The Morgan fingerprint density at radius 1 is 1.05 bits per heavy atom. The van der Waals surface area contributed by atoms with Gasteiger partial charge in [0.15, 0.2) is 0 Å². The molecule has 0 aromatic heterocycles. The second kappa shape index (κ2) is 5.29. The third kappa shape index (κ3) is 2.11. The Bertz CT molecular complexity index is 662. The Labute approximate surface area is 118 Å². The zero-order valence-corrected chi connectivity index (χ0v) is 11.4. The van der Waals surface area contributed by atoms with E-state index >= 15 is 0 Å². The lowest BCUT2D eigenvalue weighted by Crippen LogP contribution is -2.32. The van der Waals surface area contributed by atoms with E-state index in [1.807, 2.05) is 61.5 Å². The lowest BCUT2D eigenvalue weighted by molar-refractivity contribution is -0.117. The van der Waals surface area contributed by atoms with Crippen LogP contribution in [-0.4, -0.2) is 24.7 Å². The van der Waals surface area contributed by atoms with Gasteiger partial charge in [0.05, 0.1) is 11.4 Å². The minimum absolute atomic E-state index is 0.0471. The van der Waals surface area contributed by atoms with Gasteiger partial charge in [0, 0.05) is 17.7 Å². The van der Waals surface area contributed by atoms with Crippen molar-refractivity contribution in [3.63, 3.8) is 0 Å². The van der Waals surface area contributed by atoms with Crippen molar-refractivity contribution >= 4 is 17.3 Å². The highest BCUT2D eigenvalue weighted by Crippen LogP contribution is 2.26. The van der Waals surface area contributed by atoms with E-state index < -0.39 is 0 Å². The maximum atomic E-state index is 12.2. The molecule has 3 nitrogen and oxygen atoms in total. The minimum Gasteiger partial charge on any atom is -0.310 e. The molecule has 3 heteroatoms. The number of amides is 1. The maximum Gasteiger partial charge on any atom is 0.248 e. The van der Waals surface area contributed by atoms with Crippen LogP contribution in [0.4, 0.5) is 5.69 Å². The number of anilines is 1. The Hall–Kier alpha value is -2.42. The Kier molecular flexibility index (Phi) is 3.33. The number of benzene rings is 2. The molecule has 0 bridgehead atoms. The van der Waals surface area contributed by atoms with Crippen LogP contribution in [0, 0.1) is 0 Å². The first kappa shape index (κ1) is 12.6. The van der Waals surface area contributed by atoms with Crippen LogP contribution in [0.5, 0.6) is 0 Å². The Morgan fingerprint density at radius 3 is 2.50 bits per heavy atom. The zero-order valence-electron chi connectivity index (χ0n) is 11.4. The van der Waals surface area contributed by atoms with Gasteiger partial charge in [0.2, 0.25) is 5.91 Å². The second-order valence-electron chi connectivity index (χ2n) is 4.69. The molecular formula is C17H16N2O. The van der Waals surface area contributed by atoms with Crippen molar-refractivity contribution in [2.45, 2.75) is 6.92 Å². The second-order valence-corrected chi connectivity index (χ2v) is 4.69. The fourth-order valence-corrected chi connectivity index (χ4v) is 2.55. The smallest absolute Gasteiger partial charge is 0.248 e. The molecule has 0 saturated carbocycles. The third-order valence-corrected chi connectivity index (χ3v) is 3.49. The van der Waals surface area contributed by atoms with E-state index in [0.717, 1.165) is 22.5 Å². The lowest BCUT2D eigenvalue weighted by atomic mass is 10.0. The predicted octanol–water partition coefficient (Wildman–Crippen LogP) is 2.89. The third-order valence-electron chi connectivity index (χ3n) is 3.49. The average Bonchev–Trinajstić information content (AvgIpc) is 2.64. The molecule has 1 heterocycles. The van der Waals surface area contributed by atoms with Gasteiger partial charge in [-0.2, -0.15) is 0 Å². The highest BCUT2D eigenvalue weighted by Gasteiger charge is 2.23. The van der Waals surface area contributed by atoms with E-state index in [0.29, 0.717) is 6.54 Å². The summed E-state index contributed by atoms with van der Waals surface area (Å²) >= 11 is 0. The van der Waals surface area contributed by atoms with Crippen LogP contribution in [0.2, 0.25) is 0 Å². The van der Waals surface area contributed by atoms with E-state index in [4.69, 9.17) is 0 Å². The number of nitrogens with zero attached hydrogens (tertiary/aromatic N) is 2. The van der Waals surface area contributed by atoms with Gasteiger partial charge < -0.3 is 4.90 Å². The molecule has 0 radical (unpaired) electrons. The summed E-state index contributed by atoms with van der Waals surface area (Å²) in [4.78, 5) is 18.5. The normalized spacial score (nSPS) is 14.6. The van der Waals surface area contributed by atoms with Gasteiger partial charge in [-0.3, -0.25) is 9.79 Å². The number of likely N-dealkylation sites (N-methyl/N-ethyl adjacent to an activating group) is 1. The number of fused-ring (bicyclic) bond motifs is 1. The molecule has 0 fully saturated rings. The van der Waals surface area contributed by atoms with Crippen LogP contribution in [0.15, 0.2) is 59.6 Å². The van der Waals surface area contributed by atoms with Crippen LogP contribution in [0.25, 0.3) is 0 Å². The summed E-state index contributed by atoms with van der Waals surface area (Å²) in [6.07, 6.45) is 0. The molecule has 100 valence electrons. The fourth-order valence-electron chi connectivity index (χ4n) is 2.55. The predicted molar refractivity (Wildman–Crippen MR) is 81.4 cm³/mol. The fraction of sp³-hybridized carbons (Fsp3) is 0.176. The first-order valence-corrected chi connectivity index (χ1v) is 6.81. The maximum absolute atomic E-state index is 12.2. The molecule has 0 atom stereocenters. The number of carbonyl (C=O) groups excluding carboxylic acids is 1. The number of benzodiazepines with no additional fused rings is 1. The molecule has 2 aromatic rings. The molecule has 1 aliphatic heterocycles. The molecule has 3 rings (SSSR count). The van der Waals surface area contributed by atoms with E-state index in [-0.39, 0.29) is 12.5 Å². The lowest BCUT2D eigenvalue weighted by Gasteiger charge is -2.21. The van der Waals surface area contributed by atoms with Crippen molar-refractivity contribution in [2.24, 2.45) is 4.99 Å². The number of aliphatic imine (C=N–C) groups is 1. The topological polar surface area (TPSA) is 32.7 Å². The highest BCUT2D eigenvalue weighted by atomic mass is 16.2. The molecule has 0 unspecified atom stereocenters. The molecule has 2 aromatic carbocycles. The molecule has 1 aliphatic rings. The van der Waals surface area contributed by atoms with Crippen LogP contribution >= 0.6 is 0 Å². The SMILES string of the molecule is CCN1C(=O)CN=C(c2ccccc2)c2ccccc21. The molecular weight excluding hydrogens is 248 g/mol. The summed E-state index contributed by atoms with van der Waals surface area (Å²) in [5, 5.41) is 0. The summed E-state index contributed by atoms with van der Waals surface area (Å²) in [5.41, 5.74) is 3.91. The van der Waals surface area contributed by atoms with E-state index in [1.165, 1.54) is 0 Å². The molecule has 0 saturated heterocycles. The molecule has 0 N–H and O–H groups in total. The van der Waals surface area contributed by atoms with Crippen LogP contribution in [-0.2, 0) is 4.79 Å². The van der Waals surface area contributed by atoms with Crippen molar-refractivity contribution in [3.05, 3.63) is 65.7 Å². The van der Waals surface area contributed by atoms with Gasteiger partial charge in [-0.1, -0.05) is 48.5 Å². The van der Waals surface area contributed by atoms with E-state index in [9.17, 15) is 4.79 Å². The van der Waals surface area contributed by atoms with Crippen molar-refractivity contribution in [1.82, 2.24) is 0 Å². The monoisotopic (exact) mass is 264 g/mol. The molecule has 1 amide bonds. The van der Waals surface area contributed by atoms with Crippen molar-refractivity contribution < 1.29 is 4.79 Å². The van der Waals surface area contributed by atoms with Gasteiger partial charge in [0.1, 0.15) is 6.54 Å². The van der Waals surface area contributed by atoms with Gasteiger partial charge >= 0.3 is 0 Å². The summed E-state index contributed by atoms with van der Waals surface area (Å²) in [6.45, 7) is 2.85. The molecule has 0 spiro atoms. The van der Waals surface area contributed by atoms with E-state index in [2.05, 4.69) is 4.99 Å². The number of para-hydroxylation sites is 1. The van der Waals surface area contributed by atoms with Crippen molar-refractivity contribution in [1.29, 1.82) is 0 Å². The molecule has 0 aliphatic carbocycles. The standard InChI is InChI=1S/C17H16N2O/c1-2-19-15-11-7-6-10-14(15)17(18-12-16(19)20)13-8-4-3-5-9-13/h3-11H,2,12H2,1H3. The largest absolute Gasteiger partial charge is 0.310 e. The summed E-state index contributed by atoms with van der Waals surface area (Å²) < 4.78 is 0. The van der Waals surface area contributed by atoms with Crippen molar-refractivity contribution in [3.8, 4) is 0 Å². The first-order chi connectivity index (χ1) is 9.81. The number of hydrogen-bond acceptors (Lipinski definition) is 2. The summed E-state index contributed by atoms with van der Waals surface area (Å²) in [6, 6.07) is 18.0. The van der Waals surface area contributed by atoms with Crippen LogP contribution in [0.3, 0.4) is 0 Å². The number of hydrogen-bond donors (Lipinski definition) is 0. The minimum atomic E-state index is 0.0471. The molecule has 20 heavy (non-hydrogen) atoms.